The Morgan fingerprint density at radius 3 is 2.33 bits per heavy atom. The van der Waals surface area contributed by atoms with Crippen LogP contribution >= 0.6 is 11.3 Å². The number of hydrogen-bond donors (Lipinski definition) is 1. The zero-order valence-corrected chi connectivity index (χ0v) is 17.3. The van der Waals surface area contributed by atoms with Crippen LogP contribution in [0.15, 0.2) is 18.2 Å². The fraction of sp³-hybridized carbons (Fsp3) is 0.350. The highest BCUT2D eigenvalue weighted by atomic mass is 32.1. The third-order valence-corrected chi connectivity index (χ3v) is 5.14. The Morgan fingerprint density at radius 1 is 0.967 bits per heavy atom. The van der Waals surface area contributed by atoms with Crippen LogP contribution in [0.3, 0.4) is 0 Å². The molecule has 0 radical (unpaired) electrons. The predicted octanol–water partition coefficient (Wildman–Crippen LogP) is 2.81. The molecule has 9 nitrogen and oxygen atoms in total. The number of fused-ring (bicyclic) bond motifs is 1. The van der Waals surface area contributed by atoms with Crippen LogP contribution in [0.5, 0.6) is 11.5 Å². The van der Waals surface area contributed by atoms with Gasteiger partial charge < -0.3 is 29.4 Å². The second-order valence-corrected chi connectivity index (χ2v) is 7.08. The number of hydrogen-bond acceptors (Lipinski definition) is 10. The van der Waals surface area contributed by atoms with Gasteiger partial charge in [0.2, 0.25) is 0 Å². The highest BCUT2D eigenvalue weighted by molar-refractivity contribution is 7.18. The first-order valence-electron chi connectivity index (χ1n) is 9.28. The Balaban J connectivity index is 1.84. The molecule has 1 aliphatic rings. The minimum absolute atomic E-state index is 0.000114. The molecule has 1 aromatic heterocycles. The van der Waals surface area contributed by atoms with E-state index in [2.05, 4.69) is 0 Å². The van der Waals surface area contributed by atoms with Gasteiger partial charge in [0.15, 0.2) is 11.5 Å². The largest absolute Gasteiger partial charge is 0.486 e. The van der Waals surface area contributed by atoms with E-state index in [9.17, 15) is 14.4 Å². The molecule has 30 heavy (non-hydrogen) atoms. The summed E-state index contributed by atoms with van der Waals surface area (Å²) in [7, 11) is 0. The quantitative estimate of drug-likeness (QED) is 0.516. The Bertz CT molecular complexity index is 968. The third kappa shape index (κ3) is 4.48. The third-order valence-electron chi connectivity index (χ3n) is 4.10. The summed E-state index contributed by atoms with van der Waals surface area (Å²) in [5.74, 6) is -1.05. The lowest BCUT2D eigenvalue weighted by Crippen LogP contribution is -2.16. The average molecular weight is 435 g/mol. The van der Waals surface area contributed by atoms with Gasteiger partial charge >= 0.3 is 17.9 Å². The molecule has 2 aromatic rings. The summed E-state index contributed by atoms with van der Waals surface area (Å²) >= 11 is 0.884. The molecular formula is C20H21NO8S. The van der Waals surface area contributed by atoms with Crippen molar-refractivity contribution in [2.24, 2.45) is 0 Å². The van der Waals surface area contributed by atoms with E-state index in [1.54, 1.807) is 19.9 Å². The lowest BCUT2D eigenvalue weighted by Gasteiger charge is -2.18. The molecule has 1 aromatic carbocycles. The van der Waals surface area contributed by atoms with Crippen molar-refractivity contribution in [3.63, 3.8) is 0 Å². The maximum atomic E-state index is 12.5. The van der Waals surface area contributed by atoms with Crippen LogP contribution < -0.4 is 15.2 Å². The van der Waals surface area contributed by atoms with Crippen LogP contribution in [-0.4, -0.2) is 44.3 Å². The number of anilines is 1. The van der Waals surface area contributed by atoms with Crippen molar-refractivity contribution in [3.8, 4) is 11.5 Å². The zero-order chi connectivity index (χ0) is 21.7. The smallest absolute Gasteiger partial charge is 0.348 e. The number of benzene rings is 1. The van der Waals surface area contributed by atoms with Crippen LogP contribution in [0, 0.1) is 0 Å². The summed E-state index contributed by atoms with van der Waals surface area (Å²) in [5.41, 5.74) is 6.33. The van der Waals surface area contributed by atoms with Gasteiger partial charge in [0, 0.05) is 5.56 Å². The van der Waals surface area contributed by atoms with Gasteiger partial charge in [0.25, 0.3) is 0 Å². The van der Waals surface area contributed by atoms with Crippen LogP contribution in [0.25, 0.3) is 0 Å². The van der Waals surface area contributed by atoms with E-state index in [0.29, 0.717) is 24.7 Å². The van der Waals surface area contributed by atoms with E-state index in [-0.39, 0.29) is 46.4 Å². The van der Waals surface area contributed by atoms with Crippen LogP contribution in [-0.2, 0) is 20.8 Å². The number of nitrogens with two attached hydrogens (primary N) is 1. The number of nitrogen functional groups attached to an aromatic ring is 1. The van der Waals surface area contributed by atoms with Crippen molar-refractivity contribution in [1.29, 1.82) is 0 Å². The van der Waals surface area contributed by atoms with Gasteiger partial charge in [0.05, 0.1) is 18.8 Å². The Hall–Kier alpha value is -3.27. The van der Waals surface area contributed by atoms with Crippen molar-refractivity contribution < 1.29 is 38.1 Å². The number of ether oxygens (including phenoxy) is 5. The summed E-state index contributed by atoms with van der Waals surface area (Å²) in [6.07, 6.45) is 0. The van der Waals surface area contributed by atoms with E-state index in [1.165, 1.54) is 12.1 Å². The van der Waals surface area contributed by atoms with E-state index in [0.717, 1.165) is 11.3 Å². The van der Waals surface area contributed by atoms with E-state index in [4.69, 9.17) is 29.4 Å². The summed E-state index contributed by atoms with van der Waals surface area (Å²) < 4.78 is 26.3. The van der Waals surface area contributed by atoms with Crippen molar-refractivity contribution in [1.82, 2.24) is 0 Å². The van der Waals surface area contributed by atoms with Crippen LogP contribution in [0.4, 0.5) is 5.00 Å². The van der Waals surface area contributed by atoms with Crippen molar-refractivity contribution in [3.05, 3.63) is 39.8 Å². The molecule has 0 aliphatic carbocycles. The molecule has 2 N–H and O–H groups in total. The van der Waals surface area contributed by atoms with Gasteiger partial charge in [-0.1, -0.05) is 0 Å². The van der Waals surface area contributed by atoms with E-state index >= 15 is 0 Å². The second kappa shape index (κ2) is 9.49. The van der Waals surface area contributed by atoms with Gasteiger partial charge in [-0.15, -0.1) is 11.3 Å². The number of carbonyl (C=O) groups is 3. The summed E-state index contributed by atoms with van der Waals surface area (Å²) in [6, 6.07) is 4.66. The topological polar surface area (TPSA) is 123 Å². The zero-order valence-electron chi connectivity index (χ0n) is 16.5. The fourth-order valence-electron chi connectivity index (χ4n) is 2.80. The maximum Gasteiger partial charge on any atom is 0.348 e. The van der Waals surface area contributed by atoms with E-state index < -0.39 is 17.9 Å². The van der Waals surface area contributed by atoms with Crippen molar-refractivity contribution in [2.75, 3.05) is 32.2 Å². The maximum absolute atomic E-state index is 12.5. The predicted molar refractivity (Wildman–Crippen MR) is 107 cm³/mol. The Morgan fingerprint density at radius 2 is 1.63 bits per heavy atom. The monoisotopic (exact) mass is 435 g/mol. The van der Waals surface area contributed by atoms with Gasteiger partial charge in [-0.3, -0.25) is 0 Å². The first kappa shape index (κ1) is 21.4. The Kier molecular flexibility index (Phi) is 6.78. The van der Waals surface area contributed by atoms with Crippen molar-refractivity contribution >= 4 is 34.2 Å². The summed E-state index contributed by atoms with van der Waals surface area (Å²) in [4.78, 5) is 37.3. The molecular weight excluding hydrogens is 414 g/mol. The molecule has 0 amide bonds. The molecule has 3 rings (SSSR count). The molecule has 0 unspecified atom stereocenters. The molecule has 1 aliphatic heterocycles. The van der Waals surface area contributed by atoms with Crippen molar-refractivity contribution in [2.45, 2.75) is 20.5 Å². The SMILES string of the molecule is CCOC(=O)c1sc(N)c(C(=O)OCC)c1COC(=O)c1ccc2c(c1)OCCO2. The summed E-state index contributed by atoms with van der Waals surface area (Å²) in [6.45, 7) is 4.02. The highest BCUT2D eigenvalue weighted by Gasteiger charge is 2.29. The van der Waals surface area contributed by atoms with Gasteiger partial charge in [-0.2, -0.15) is 0 Å². The average Bonchev–Trinajstić information content (AvgIpc) is 3.08. The molecule has 0 atom stereocenters. The Labute approximate surface area is 176 Å². The molecule has 2 heterocycles. The minimum Gasteiger partial charge on any atom is -0.486 e. The molecule has 160 valence electrons. The van der Waals surface area contributed by atoms with Gasteiger partial charge in [-0.05, 0) is 32.0 Å². The van der Waals surface area contributed by atoms with Gasteiger partial charge in [-0.25, -0.2) is 14.4 Å². The number of carbonyl (C=O) groups excluding carboxylic acids is 3. The van der Waals surface area contributed by atoms with Crippen LogP contribution in [0.1, 0.15) is 49.8 Å². The number of thiophene rings is 1. The lowest BCUT2D eigenvalue weighted by molar-refractivity contribution is 0.0437. The molecule has 0 spiro atoms. The first-order chi connectivity index (χ1) is 14.5. The van der Waals surface area contributed by atoms with E-state index in [1.807, 2.05) is 0 Å². The van der Waals surface area contributed by atoms with Crippen LogP contribution in [0.2, 0.25) is 0 Å². The molecule has 0 fully saturated rings. The first-order valence-corrected chi connectivity index (χ1v) is 10.1. The minimum atomic E-state index is -0.702. The highest BCUT2D eigenvalue weighted by Crippen LogP contribution is 2.34. The number of rotatable bonds is 7. The molecule has 0 bridgehead atoms. The second-order valence-electron chi connectivity index (χ2n) is 6.02. The molecule has 10 heteroatoms. The van der Waals surface area contributed by atoms with Gasteiger partial charge in [0.1, 0.15) is 35.3 Å². The fourth-order valence-corrected chi connectivity index (χ4v) is 3.76. The summed E-state index contributed by atoms with van der Waals surface area (Å²) in [5, 5.41) is 0.0851. The molecule has 0 saturated carbocycles. The normalized spacial score (nSPS) is 12.2. The lowest BCUT2D eigenvalue weighted by atomic mass is 10.1. The standard InChI is InChI=1S/C20H21NO8S/c1-3-25-19(23)15-12(16(30-17(15)21)20(24)26-4-2)10-29-18(22)11-5-6-13-14(9-11)28-8-7-27-13/h5-6,9H,3-4,7-8,10,21H2,1-2H3. The molecule has 0 saturated heterocycles. The number of esters is 3.